The Morgan fingerprint density at radius 1 is 1.22 bits per heavy atom. The van der Waals surface area contributed by atoms with Crippen molar-refractivity contribution in [3.05, 3.63) is 35.9 Å². The van der Waals surface area contributed by atoms with Crippen LogP contribution in [0.5, 0.6) is 0 Å². The van der Waals surface area contributed by atoms with Crippen molar-refractivity contribution in [3.63, 3.8) is 0 Å². The first-order valence-corrected chi connectivity index (χ1v) is 9.32. The van der Waals surface area contributed by atoms with Crippen LogP contribution in [0.4, 0.5) is 0 Å². The van der Waals surface area contributed by atoms with E-state index in [9.17, 15) is 4.79 Å². The van der Waals surface area contributed by atoms with Gasteiger partial charge < -0.3 is 11.1 Å². The van der Waals surface area contributed by atoms with Gasteiger partial charge in [-0.15, -0.1) is 24.2 Å². The molecule has 3 N–H and O–H groups in total. The van der Waals surface area contributed by atoms with E-state index in [1.807, 2.05) is 18.2 Å². The molecule has 3 nitrogen and oxygen atoms in total. The predicted octanol–water partition coefficient (Wildman–Crippen LogP) is 3.75. The van der Waals surface area contributed by atoms with Crippen LogP contribution >= 0.6 is 24.2 Å². The first-order valence-electron chi connectivity index (χ1n) is 8.27. The number of benzene rings is 1. The molecule has 23 heavy (non-hydrogen) atoms. The first-order chi connectivity index (χ1) is 10.6. The SMILES string of the molecule is CC(C)C(SCc1ccccc1)C(=O)NC1CCC(N)CC1.Cl. The van der Waals surface area contributed by atoms with Gasteiger partial charge in [-0.05, 0) is 37.2 Å². The molecule has 0 saturated heterocycles. The van der Waals surface area contributed by atoms with Crippen molar-refractivity contribution in [2.24, 2.45) is 11.7 Å². The Hall–Kier alpha value is -0.710. The van der Waals surface area contributed by atoms with E-state index in [1.165, 1.54) is 5.56 Å². The van der Waals surface area contributed by atoms with Gasteiger partial charge in [0, 0.05) is 17.8 Å². The van der Waals surface area contributed by atoms with Crippen LogP contribution in [0.2, 0.25) is 0 Å². The molecule has 0 radical (unpaired) electrons. The van der Waals surface area contributed by atoms with Gasteiger partial charge in [-0.1, -0.05) is 44.2 Å². The Bertz CT molecular complexity index is 461. The highest BCUT2D eigenvalue weighted by atomic mass is 35.5. The molecular weight excluding hydrogens is 328 g/mol. The minimum Gasteiger partial charge on any atom is -0.352 e. The normalized spacial score (nSPS) is 22.3. The zero-order valence-corrected chi connectivity index (χ0v) is 15.7. The van der Waals surface area contributed by atoms with E-state index in [2.05, 4.69) is 31.3 Å². The van der Waals surface area contributed by atoms with Crippen LogP contribution in [-0.4, -0.2) is 23.2 Å². The fraction of sp³-hybridized carbons (Fsp3) is 0.611. The second-order valence-electron chi connectivity index (χ2n) is 6.58. The molecule has 1 aromatic carbocycles. The molecule has 5 heteroatoms. The molecule has 1 aliphatic carbocycles. The third-order valence-electron chi connectivity index (χ3n) is 4.25. The summed E-state index contributed by atoms with van der Waals surface area (Å²) in [6.07, 6.45) is 4.07. The highest BCUT2D eigenvalue weighted by molar-refractivity contribution is 7.99. The van der Waals surface area contributed by atoms with Gasteiger partial charge in [0.25, 0.3) is 0 Å². The molecule has 1 atom stereocenters. The highest BCUT2D eigenvalue weighted by Crippen LogP contribution is 2.25. The summed E-state index contributed by atoms with van der Waals surface area (Å²) >= 11 is 1.74. The van der Waals surface area contributed by atoms with Gasteiger partial charge in [0.1, 0.15) is 0 Å². The number of hydrogen-bond donors (Lipinski definition) is 2. The summed E-state index contributed by atoms with van der Waals surface area (Å²) in [5.41, 5.74) is 7.20. The number of nitrogens with two attached hydrogens (primary N) is 1. The van der Waals surface area contributed by atoms with Crippen molar-refractivity contribution in [3.8, 4) is 0 Å². The van der Waals surface area contributed by atoms with Crippen LogP contribution in [0.1, 0.15) is 45.1 Å². The van der Waals surface area contributed by atoms with Crippen LogP contribution in [0.25, 0.3) is 0 Å². The van der Waals surface area contributed by atoms with Crippen molar-refractivity contribution < 1.29 is 4.79 Å². The maximum absolute atomic E-state index is 12.6. The topological polar surface area (TPSA) is 55.1 Å². The molecule has 1 fully saturated rings. The van der Waals surface area contributed by atoms with Crippen molar-refractivity contribution in [1.82, 2.24) is 5.32 Å². The maximum Gasteiger partial charge on any atom is 0.233 e. The quantitative estimate of drug-likeness (QED) is 0.816. The number of halogens is 1. The molecule has 1 aromatic rings. The summed E-state index contributed by atoms with van der Waals surface area (Å²) in [6.45, 7) is 4.25. The van der Waals surface area contributed by atoms with Crippen LogP contribution in [0.3, 0.4) is 0 Å². The van der Waals surface area contributed by atoms with Gasteiger partial charge in [-0.2, -0.15) is 0 Å². The molecular formula is C18H29ClN2OS. The number of amides is 1. The smallest absolute Gasteiger partial charge is 0.233 e. The predicted molar refractivity (Wildman–Crippen MR) is 102 cm³/mol. The molecule has 0 bridgehead atoms. The number of carbonyl (C=O) groups is 1. The van der Waals surface area contributed by atoms with E-state index in [-0.39, 0.29) is 23.6 Å². The number of thioether (sulfide) groups is 1. The molecule has 1 saturated carbocycles. The van der Waals surface area contributed by atoms with E-state index in [4.69, 9.17) is 5.73 Å². The third kappa shape index (κ3) is 6.74. The lowest BCUT2D eigenvalue weighted by atomic mass is 9.91. The summed E-state index contributed by atoms with van der Waals surface area (Å²) < 4.78 is 0. The minimum absolute atomic E-state index is 0. The van der Waals surface area contributed by atoms with Gasteiger partial charge in [0.2, 0.25) is 5.91 Å². The lowest BCUT2D eigenvalue weighted by molar-refractivity contribution is -0.122. The van der Waals surface area contributed by atoms with Gasteiger partial charge in [-0.25, -0.2) is 0 Å². The first kappa shape index (κ1) is 20.3. The highest BCUT2D eigenvalue weighted by Gasteiger charge is 2.26. The lowest BCUT2D eigenvalue weighted by Crippen LogP contribution is -2.45. The Kier molecular flexibility index (Phi) is 9.03. The van der Waals surface area contributed by atoms with E-state index in [1.54, 1.807) is 11.8 Å². The second-order valence-corrected chi connectivity index (χ2v) is 7.71. The average Bonchev–Trinajstić information content (AvgIpc) is 2.50. The molecule has 1 amide bonds. The van der Waals surface area contributed by atoms with Crippen LogP contribution in [-0.2, 0) is 10.5 Å². The molecule has 0 aliphatic heterocycles. The molecule has 0 aromatic heterocycles. The second kappa shape index (κ2) is 10.2. The molecule has 130 valence electrons. The zero-order chi connectivity index (χ0) is 15.9. The van der Waals surface area contributed by atoms with E-state index in [0.717, 1.165) is 31.4 Å². The molecule has 2 rings (SSSR count). The minimum atomic E-state index is 0. The van der Waals surface area contributed by atoms with Crippen molar-refractivity contribution in [1.29, 1.82) is 0 Å². The summed E-state index contributed by atoms with van der Waals surface area (Å²) in [7, 11) is 0. The summed E-state index contributed by atoms with van der Waals surface area (Å²) in [4.78, 5) is 12.6. The van der Waals surface area contributed by atoms with Crippen molar-refractivity contribution >= 4 is 30.1 Å². The monoisotopic (exact) mass is 356 g/mol. The van der Waals surface area contributed by atoms with Gasteiger partial charge in [0.15, 0.2) is 0 Å². The third-order valence-corrected chi connectivity index (χ3v) is 5.87. The number of hydrogen-bond acceptors (Lipinski definition) is 3. The van der Waals surface area contributed by atoms with E-state index < -0.39 is 0 Å². The number of nitrogens with one attached hydrogen (secondary N) is 1. The lowest BCUT2D eigenvalue weighted by Gasteiger charge is -2.29. The van der Waals surface area contributed by atoms with Crippen LogP contribution in [0, 0.1) is 5.92 Å². The van der Waals surface area contributed by atoms with Crippen molar-refractivity contribution in [2.75, 3.05) is 0 Å². The van der Waals surface area contributed by atoms with E-state index in [0.29, 0.717) is 18.0 Å². The van der Waals surface area contributed by atoms with Gasteiger partial charge in [-0.3, -0.25) is 4.79 Å². The molecule has 0 heterocycles. The van der Waals surface area contributed by atoms with E-state index >= 15 is 0 Å². The Labute approximate surface area is 150 Å². The summed E-state index contributed by atoms with van der Waals surface area (Å²) in [5.74, 6) is 1.41. The Balaban J connectivity index is 0.00000264. The average molecular weight is 357 g/mol. The Morgan fingerprint density at radius 2 is 1.83 bits per heavy atom. The number of carbonyl (C=O) groups excluding carboxylic acids is 1. The number of rotatable bonds is 6. The molecule has 0 spiro atoms. The van der Waals surface area contributed by atoms with Gasteiger partial charge >= 0.3 is 0 Å². The maximum atomic E-state index is 12.6. The fourth-order valence-electron chi connectivity index (χ4n) is 2.88. The van der Waals surface area contributed by atoms with Crippen LogP contribution < -0.4 is 11.1 Å². The Morgan fingerprint density at radius 3 is 2.39 bits per heavy atom. The van der Waals surface area contributed by atoms with Crippen LogP contribution in [0.15, 0.2) is 30.3 Å². The summed E-state index contributed by atoms with van der Waals surface area (Å²) in [6, 6.07) is 11.0. The van der Waals surface area contributed by atoms with Crippen molar-refractivity contribution in [2.45, 2.75) is 62.6 Å². The summed E-state index contributed by atoms with van der Waals surface area (Å²) in [5, 5.41) is 3.25. The standard InChI is InChI=1S/C18H28N2OS.ClH/c1-13(2)17(22-12-14-6-4-3-5-7-14)18(21)20-16-10-8-15(19)9-11-16;/h3-7,13,15-17H,8-12,19H2,1-2H3,(H,20,21);1H. The largest absolute Gasteiger partial charge is 0.352 e. The van der Waals surface area contributed by atoms with Gasteiger partial charge in [0.05, 0.1) is 5.25 Å². The fourth-order valence-corrected chi connectivity index (χ4v) is 4.05. The molecule has 1 unspecified atom stereocenters. The zero-order valence-electron chi connectivity index (χ0n) is 14.0. The molecule has 1 aliphatic rings.